The SMILES string of the molecule is [2H]c1c([2H])c([2H])c(-c2cccc(-c3cc(C(C)(C)C)cc(C(C)(C)C)c3)c2N2[CH-]N(c3[c-]c(Oc4[c-]c5c(cc4)c4c6sc7cccc(C#N)c7c6ccc4n5-c4cc(C(C)(CC)CC)ccn4)cc(-c4c(C(C)(C)C)cccc4C(C)(C)C)c3)c3ccccc32)c([2H])c1[2H].[Pt]. The van der Waals surface area contributed by atoms with Gasteiger partial charge in [0.25, 0.3) is 0 Å². The Kier molecular flexibility index (Phi) is 14.6. The van der Waals surface area contributed by atoms with Crippen molar-refractivity contribution in [3.05, 3.63) is 234 Å². The van der Waals surface area contributed by atoms with E-state index in [1.54, 1.807) is 11.3 Å². The van der Waals surface area contributed by atoms with Gasteiger partial charge in [0, 0.05) is 92.6 Å². The van der Waals surface area contributed by atoms with Gasteiger partial charge in [0.2, 0.25) is 0 Å². The molecular weight excluding hydrogens is 1310 g/mol. The van der Waals surface area contributed by atoms with Crippen molar-refractivity contribution in [2.24, 2.45) is 0 Å². The zero-order valence-corrected chi connectivity index (χ0v) is 57.9. The van der Waals surface area contributed by atoms with Gasteiger partial charge in [-0.15, -0.1) is 65.0 Å². The molecule has 0 aliphatic carbocycles. The Bertz CT molecular complexity index is 5070. The first-order chi connectivity index (χ1) is 44.9. The summed E-state index contributed by atoms with van der Waals surface area (Å²) in [6, 6.07) is 58.8. The molecule has 12 aromatic rings. The molecule has 0 saturated carbocycles. The third-order valence-electron chi connectivity index (χ3n) is 18.6. The van der Waals surface area contributed by atoms with Crippen LogP contribution in [0.15, 0.2) is 182 Å². The van der Waals surface area contributed by atoms with Crippen molar-refractivity contribution in [2.75, 3.05) is 9.80 Å². The Balaban J connectivity index is 0.00000881. The van der Waals surface area contributed by atoms with Crippen LogP contribution in [0.3, 0.4) is 0 Å². The van der Waals surface area contributed by atoms with Crippen LogP contribution < -0.4 is 14.5 Å². The molecule has 0 saturated heterocycles. The van der Waals surface area contributed by atoms with Crippen molar-refractivity contribution < 1.29 is 32.7 Å². The van der Waals surface area contributed by atoms with Gasteiger partial charge in [0.15, 0.2) is 0 Å². The van der Waals surface area contributed by atoms with E-state index in [-0.39, 0.29) is 65.8 Å². The van der Waals surface area contributed by atoms with E-state index < -0.39 is 18.1 Å². The summed E-state index contributed by atoms with van der Waals surface area (Å²) in [5, 5.41) is 14.4. The summed E-state index contributed by atoms with van der Waals surface area (Å²) in [6.45, 7) is 35.7. The van der Waals surface area contributed by atoms with Crippen LogP contribution in [-0.4, -0.2) is 9.55 Å². The molecule has 0 N–H and O–H groups in total. The monoisotopic (exact) mass is 1390 g/mol. The molecule has 0 spiro atoms. The first kappa shape index (κ1) is 56.7. The number of para-hydroxylation sites is 3. The maximum absolute atomic E-state index is 10.4. The van der Waals surface area contributed by atoms with Gasteiger partial charge in [-0.3, -0.25) is 0 Å². The molecule has 8 heteroatoms. The molecule has 9 aromatic carbocycles. The minimum absolute atomic E-state index is 0. The van der Waals surface area contributed by atoms with E-state index in [2.05, 4.69) is 246 Å². The van der Waals surface area contributed by atoms with Crippen molar-refractivity contribution in [3.8, 4) is 56.8 Å². The van der Waals surface area contributed by atoms with Crippen LogP contribution in [0.1, 0.15) is 157 Å². The van der Waals surface area contributed by atoms with Gasteiger partial charge < -0.3 is 19.1 Å². The van der Waals surface area contributed by atoms with E-state index in [9.17, 15) is 8.00 Å². The summed E-state index contributed by atoms with van der Waals surface area (Å²) in [5.74, 6) is 1.70. The molecule has 0 fully saturated rings. The van der Waals surface area contributed by atoms with Crippen molar-refractivity contribution in [3.63, 3.8) is 0 Å². The summed E-state index contributed by atoms with van der Waals surface area (Å²) in [7, 11) is 0. The van der Waals surface area contributed by atoms with Crippen LogP contribution >= 0.6 is 11.3 Å². The zero-order chi connectivity index (χ0) is 67.7. The van der Waals surface area contributed by atoms with Gasteiger partial charge in [-0.05, 0) is 132 Å². The first-order valence-electron chi connectivity index (χ1n) is 33.9. The molecule has 3 aromatic heterocycles. The number of ether oxygens (including phenoxy) is 1. The van der Waals surface area contributed by atoms with Gasteiger partial charge in [-0.2, -0.15) is 11.3 Å². The molecule has 0 radical (unpaired) electrons. The van der Waals surface area contributed by atoms with Gasteiger partial charge in [0.05, 0.1) is 18.5 Å². The molecule has 6 nitrogen and oxygen atoms in total. The molecule has 13 rings (SSSR count). The Morgan fingerprint density at radius 3 is 1.85 bits per heavy atom. The molecule has 1 aliphatic rings. The minimum atomic E-state index is -0.451. The average molecular weight is 1400 g/mol. The van der Waals surface area contributed by atoms with Gasteiger partial charge in [0.1, 0.15) is 5.82 Å². The van der Waals surface area contributed by atoms with Crippen LogP contribution in [0.4, 0.5) is 22.7 Å². The summed E-state index contributed by atoms with van der Waals surface area (Å²) in [4.78, 5) is 9.38. The summed E-state index contributed by atoms with van der Waals surface area (Å²) >= 11 is 1.70. The second-order valence-electron chi connectivity index (χ2n) is 28.6. The van der Waals surface area contributed by atoms with E-state index in [1.165, 1.54) is 16.7 Å². The molecule has 0 unspecified atom stereocenters. The smallest absolute Gasteiger partial charge is 0.135 e. The van der Waals surface area contributed by atoms with Crippen molar-refractivity contribution in [2.45, 2.75) is 144 Å². The molecule has 462 valence electrons. The predicted octanol–water partition coefficient (Wildman–Crippen LogP) is 23.5. The molecular formula is C83H80N5OPtS-3. The fourth-order valence-electron chi connectivity index (χ4n) is 13.1. The second-order valence-corrected chi connectivity index (χ2v) is 29.7. The van der Waals surface area contributed by atoms with Crippen LogP contribution in [-0.2, 0) is 48.1 Å². The average Bonchev–Trinajstić information content (AvgIpc) is 1.65. The Morgan fingerprint density at radius 1 is 0.582 bits per heavy atom. The van der Waals surface area contributed by atoms with Crippen LogP contribution in [0.5, 0.6) is 11.5 Å². The van der Waals surface area contributed by atoms with Crippen LogP contribution in [0.2, 0.25) is 0 Å². The topological polar surface area (TPSA) is 57.3 Å². The van der Waals surface area contributed by atoms with Gasteiger partial charge in [-0.1, -0.05) is 218 Å². The number of fused-ring (bicyclic) bond motifs is 8. The van der Waals surface area contributed by atoms with E-state index in [1.807, 2.05) is 48.7 Å². The molecule has 1 aliphatic heterocycles. The number of hydrogen-bond acceptors (Lipinski definition) is 6. The number of pyridine rings is 1. The number of hydrogen-bond donors (Lipinski definition) is 0. The summed E-state index contributed by atoms with van der Waals surface area (Å²) < 4.78 is 57.3. The molecule has 0 atom stereocenters. The maximum Gasteiger partial charge on any atom is 0.135 e. The van der Waals surface area contributed by atoms with Crippen LogP contribution in [0, 0.1) is 30.1 Å². The minimum Gasteiger partial charge on any atom is -0.509 e. The second kappa shape index (κ2) is 23.4. The molecule has 4 heterocycles. The van der Waals surface area contributed by atoms with Gasteiger partial charge >= 0.3 is 0 Å². The van der Waals surface area contributed by atoms with E-state index in [4.69, 9.17) is 13.8 Å². The number of nitrogens with zero attached hydrogens (tertiary/aromatic N) is 5. The fourth-order valence-corrected chi connectivity index (χ4v) is 14.4. The normalized spacial score (nSPS) is 13.9. The van der Waals surface area contributed by atoms with E-state index >= 15 is 0 Å². The molecule has 91 heavy (non-hydrogen) atoms. The van der Waals surface area contributed by atoms with Crippen molar-refractivity contribution >= 4 is 76.1 Å². The summed E-state index contributed by atoms with van der Waals surface area (Å²) in [5.41, 5.74) is 14.5. The third kappa shape index (κ3) is 11.3. The summed E-state index contributed by atoms with van der Waals surface area (Å²) in [6.07, 6.45) is 3.84. The number of anilines is 4. The van der Waals surface area contributed by atoms with E-state index in [0.29, 0.717) is 34.0 Å². The Labute approximate surface area is 564 Å². The number of nitriles is 1. The van der Waals surface area contributed by atoms with Crippen molar-refractivity contribution in [1.29, 1.82) is 5.26 Å². The van der Waals surface area contributed by atoms with Gasteiger partial charge in [-0.25, -0.2) is 4.98 Å². The number of thiophene rings is 1. The fraction of sp³-hybridized carbons (Fsp3) is 0.265. The Hall–Kier alpha value is -8.27. The number of benzene rings is 9. The predicted molar refractivity (Wildman–Crippen MR) is 381 cm³/mol. The standard InChI is InChI=1S/C83H80N5OS.Pt/c1-16-83(15,17-2)56-40-41-85-73(47-56)88-70-39-38-65-74-53(50-84)28-23-35-72(74)90-78(65)76(70)64-37-36-60(49-71(64)88)89-61-45-55(75-66(81(9,10)11)31-25-32-67(75)82(12,13)14)44-59(48-61)86-51-87(69-34-22-21-33-68(69)86)77-62(52-26-19-18-20-27-52)29-24-30-63(77)54-42-57(79(3,4)5)46-58(43-54)80(6,7)8;/h18-47,51H,16-17H2,1-15H3;/q-3;/i18D,19D,20D,26D,27D;. The number of rotatable bonds is 11. The number of aromatic nitrogens is 2. The van der Waals surface area contributed by atoms with Crippen LogP contribution in [0.25, 0.3) is 81.2 Å². The zero-order valence-electron chi connectivity index (χ0n) is 59.8. The van der Waals surface area contributed by atoms with E-state index in [0.717, 1.165) is 105 Å². The van der Waals surface area contributed by atoms with Crippen molar-refractivity contribution in [1.82, 2.24) is 9.55 Å². The largest absolute Gasteiger partial charge is 0.509 e. The molecule has 0 bridgehead atoms. The quantitative estimate of drug-likeness (QED) is 0.121. The first-order valence-corrected chi connectivity index (χ1v) is 32.3. The molecule has 0 amide bonds. The maximum atomic E-state index is 10.4. The third-order valence-corrected chi connectivity index (χ3v) is 19.7. The Morgan fingerprint density at radius 2 is 1.21 bits per heavy atom.